The lowest BCUT2D eigenvalue weighted by Gasteiger charge is -2.14. The van der Waals surface area contributed by atoms with Crippen LogP contribution in [0.25, 0.3) is 21.5 Å². The Kier molecular flexibility index (Phi) is 5.38. The van der Waals surface area contributed by atoms with Crippen LogP contribution >= 0.6 is 22.9 Å². The van der Waals surface area contributed by atoms with Crippen molar-refractivity contribution in [3.05, 3.63) is 70.6 Å². The topological polar surface area (TPSA) is 60.5 Å². The third kappa shape index (κ3) is 3.77. The van der Waals surface area contributed by atoms with E-state index in [-0.39, 0.29) is 5.91 Å². The molecule has 0 bridgehead atoms. The minimum atomic E-state index is -0.274. The van der Waals surface area contributed by atoms with E-state index in [2.05, 4.69) is 5.32 Å². The van der Waals surface area contributed by atoms with Gasteiger partial charge in [-0.3, -0.25) is 4.79 Å². The highest BCUT2D eigenvalue weighted by Gasteiger charge is 2.17. The molecule has 2 aromatic heterocycles. The summed E-state index contributed by atoms with van der Waals surface area (Å²) < 4.78 is 10.6. The number of carbonyl (C=O) groups is 1. The van der Waals surface area contributed by atoms with Gasteiger partial charge in [-0.15, -0.1) is 11.3 Å². The third-order valence-corrected chi connectivity index (χ3v) is 5.64. The van der Waals surface area contributed by atoms with Gasteiger partial charge in [-0.2, -0.15) is 0 Å². The van der Waals surface area contributed by atoms with Crippen molar-refractivity contribution >= 4 is 45.4 Å². The van der Waals surface area contributed by atoms with Gasteiger partial charge in [-0.05, 0) is 23.6 Å². The van der Waals surface area contributed by atoms with E-state index in [1.807, 2.05) is 47.8 Å². The predicted octanol–water partition coefficient (Wildman–Crippen LogP) is 5.89. The molecule has 0 saturated heterocycles. The number of benzene rings is 2. The van der Waals surface area contributed by atoms with Crippen LogP contribution in [0, 0.1) is 0 Å². The van der Waals surface area contributed by atoms with E-state index in [1.54, 1.807) is 23.5 Å². The molecule has 0 saturated carbocycles. The van der Waals surface area contributed by atoms with Gasteiger partial charge in [0.05, 0.1) is 46.6 Å². The van der Waals surface area contributed by atoms with Crippen molar-refractivity contribution in [2.24, 2.45) is 0 Å². The fourth-order valence-corrected chi connectivity index (χ4v) is 3.98. The molecule has 0 unspecified atom stereocenters. The highest BCUT2D eigenvalue weighted by molar-refractivity contribution is 7.13. The van der Waals surface area contributed by atoms with Gasteiger partial charge in [0.1, 0.15) is 11.5 Å². The average molecular weight is 425 g/mol. The monoisotopic (exact) mass is 424 g/mol. The maximum Gasteiger partial charge on any atom is 0.256 e. The summed E-state index contributed by atoms with van der Waals surface area (Å²) in [6.45, 7) is 0. The van der Waals surface area contributed by atoms with Gasteiger partial charge >= 0.3 is 0 Å². The smallest absolute Gasteiger partial charge is 0.256 e. The number of nitrogens with zero attached hydrogens (tertiary/aromatic N) is 1. The van der Waals surface area contributed by atoms with Crippen molar-refractivity contribution in [2.45, 2.75) is 0 Å². The lowest BCUT2D eigenvalue weighted by Crippen LogP contribution is -2.14. The molecule has 29 heavy (non-hydrogen) atoms. The van der Waals surface area contributed by atoms with E-state index in [4.69, 9.17) is 26.1 Å². The largest absolute Gasteiger partial charge is 0.495 e. The van der Waals surface area contributed by atoms with E-state index in [0.717, 1.165) is 21.5 Å². The molecule has 1 N–H and O–H groups in total. The number of methoxy groups -OCH3 is 2. The molecular weight excluding hydrogens is 408 g/mol. The number of halogens is 1. The van der Waals surface area contributed by atoms with E-state index in [0.29, 0.717) is 27.8 Å². The molecule has 0 atom stereocenters. The van der Waals surface area contributed by atoms with Crippen LogP contribution in [-0.2, 0) is 0 Å². The van der Waals surface area contributed by atoms with E-state index in [9.17, 15) is 4.79 Å². The molecule has 0 aliphatic heterocycles. The Bertz CT molecular complexity index is 1190. The molecule has 7 heteroatoms. The molecule has 0 aliphatic carbocycles. The summed E-state index contributed by atoms with van der Waals surface area (Å²) in [5, 5.41) is 6.07. The standard InChI is InChI=1S/C22H17ClN2O3S/c1-27-19-12-17(20(28-2)11-15(19)23)25-22(26)14-10-18(21-8-5-9-29-21)24-16-7-4-3-6-13(14)16/h3-12H,1-2H3,(H,25,26). The molecule has 146 valence electrons. The van der Waals surface area contributed by atoms with Crippen LogP contribution in [0.4, 0.5) is 5.69 Å². The molecule has 0 fully saturated rings. The number of pyridine rings is 1. The van der Waals surface area contributed by atoms with Gasteiger partial charge in [0.2, 0.25) is 0 Å². The third-order valence-electron chi connectivity index (χ3n) is 4.46. The molecule has 4 rings (SSSR count). The minimum Gasteiger partial charge on any atom is -0.495 e. The second kappa shape index (κ2) is 8.11. The van der Waals surface area contributed by atoms with E-state index >= 15 is 0 Å². The van der Waals surface area contributed by atoms with Gasteiger partial charge in [0.25, 0.3) is 5.91 Å². The minimum absolute atomic E-state index is 0.274. The zero-order valence-electron chi connectivity index (χ0n) is 15.7. The zero-order valence-corrected chi connectivity index (χ0v) is 17.3. The van der Waals surface area contributed by atoms with Crippen LogP contribution in [0.1, 0.15) is 10.4 Å². The Morgan fingerprint density at radius 1 is 1.03 bits per heavy atom. The molecule has 0 aliphatic rings. The first-order valence-corrected chi connectivity index (χ1v) is 10.0. The van der Waals surface area contributed by atoms with Crippen LogP contribution in [-0.4, -0.2) is 25.1 Å². The molecule has 0 spiro atoms. The number of thiophene rings is 1. The first-order chi connectivity index (χ1) is 14.1. The second-order valence-corrected chi connectivity index (χ2v) is 7.55. The number of aromatic nitrogens is 1. The van der Waals surface area contributed by atoms with Crippen molar-refractivity contribution in [2.75, 3.05) is 19.5 Å². The number of carbonyl (C=O) groups excluding carboxylic acids is 1. The summed E-state index contributed by atoms with van der Waals surface area (Å²) in [6.07, 6.45) is 0. The molecule has 2 aromatic carbocycles. The summed E-state index contributed by atoms with van der Waals surface area (Å²) in [4.78, 5) is 18.9. The van der Waals surface area contributed by atoms with Gasteiger partial charge < -0.3 is 14.8 Å². The molecule has 5 nitrogen and oxygen atoms in total. The number of hydrogen-bond donors (Lipinski definition) is 1. The van der Waals surface area contributed by atoms with Gasteiger partial charge in [0, 0.05) is 17.5 Å². The molecule has 2 heterocycles. The van der Waals surface area contributed by atoms with E-state index < -0.39 is 0 Å². The number of para-hydroxylation sites is 1. The average Bonchev–Trinajstić information content (AvgIpc) is 3.28. The molecule has 0 radical (unpaired) electrons. The summed E-state index contributed by atoms with van der Waals surface area (Å²) in [7, 11) is 3.04. The fraction of sp³-hybridized carbons (Fsp3) is 0.0909. The molecule has 1 amide bonds. The van der Waals surface area contributed by atoms with Crippen LogP contribution in [0.15, 0.2) is 60.0 Å². The predicted molar refractivity (Wildman–Crippen MR) is 118 cm³/mol. The zero-order chi connectivity index (χ0) is 20.4. The Hall–Kier alpha value is -3.09. The SMILES string of the molecule is COc1cc(NC(=O)c2cc(-c3cccs3)nc3ccccc23)c(OC)cc1Cl. The van der Waals surface area contributed by atoms with Gasteiger partial charge in [-0.25, -0.2) is 4.98 Å². The normalized spacial score (nSPS) is 10.7. The number of nitrogens with one attached hydrogen (secondary N) is 1. The first-order valence-electron chi connectivity index (χ1n) is 8.77. The second-order valence-electron chi connectivity index (χ2n) is 6.19. The highest BCUT2D eigenvalue weighted by atomic mass is 35.5. The number of ether oxygens (including phenoxy) is 2. The molecule has 4 aromatic rings. The van der Waals surface area contributed by atoms with Crippen LogP contribution in [0.3, 0.4) is 0 Å². The van der Waals surface area contributed by atoms with Crippen molar-refractivity contribution in [1.82, 2.24) is 4.98 Å². The highest BCUT2D eigenvalue weighted by Crippen LogP contribution is 2.36. The van der Waals surface area contributed by atoms with Crippen molar-refractivity contribution in [1.29, 1.82) is 0 Å². The first kappa shape index (κ1) is 19.2. The number of amides is 1. The summed E-state index contributed by atoms with van der Waals surface area (Å²) in [5.74, 6) is 0.617. The lowest BCUT2D eigenvalue weighted by atomic mass is 10.1. The lowest BCUT2D eigenvalue weighted by molar-refractivity contribution is 0.102. The number of anilines is 1. The van der Waals surface area contributed by atoms with Gasteiger partial charge in [0.15, 0.2) is 0 Å². The van der Waals surface area contributed by atoms with Gasteiger partial charge in [-0.1, -0.05) is 35.9 Å². The fourth-order valence-electron chi connectivity index (χ4n) is 3.06. The maximum absolute atomic E-state index is 13.2. The van der Waals surface area contributed by atoms with E-state index in [1.165, 1.54) is 14.2 Å². The summed E-state index contributed by atoms with van der Waals surface area (Å²) >= 11 is 7.74. The number of fused-ring (bicyclic) bond motifs is 1. The Morgan fingerprint density at radius 3 is 2.55 bits per heavy atom. The number of rotatable bonds is 5. The van der Waals surface area contributed by atoms with Crippen molar-refractivity contribution < 1.29 is 14.3 Å². The Balaban J connectivity index is 1.80. The maximum atomic E-state index is 13.2. The van der Waals surface area contributed by atoms with Crippen LogP contribution in [0.2, 0.25) is 5.02 Å². The summed E-state index contributed by atoms with van der Waals surface area (Å²) in [6, 6.07) is 16.6. The Morgan fingerprint density at radius 2 is 1.83 bits per heavy atom. The Labute approximate surface area is 176 Å². The quantitative estimate of drug-likeness (QED) is 0.434. The molecular formula is C22H17ClN2O3S. The summed E-state index contributed by atoms with van der Waals surface area (Å²) in [5.41, 5.74) is 2.50. The van der Waals surface area contributed by atoms with Crippen LogP contribution < -0.4 is 14.8 Å². The number of hydrogen-bond acceptors (Lipinski definition) is 5. The van der Waals surface area contributed by atoms with Crippen LogP contribution in [0.5, 0.6) is 11.5 Å². The van der Waals surface area contributed by atoms with Crippen molar-refractivity contribution in [3.8, 4) is 22.1 Å². The van der Waals surface area contributed by atoms with Crippen molar-refractivity contribution in [3.63, 3.8) is 0 Å².